The number of allylic oxidation sites excluding steroid dienone is 1. The van der Waals surface area contributed by atoms with E-state index in [4.69, 9.17) is 32.8 Å². The zero-order valence-electron chi connectivity index (χ0n) is 22.6. The van der Waals surface area contributed by atoms with E-state index in [1.54, 1.807) is 30.3 Å². The van der Waals surface area contributed by atoms with Gasteiger partial charge in [0, 0.05) is 22.6 Å². The van der Waals surface area contributed by atoms with Gasteiger partial charge in [-0.1, -0.05) is 0 Å². The van der Waals surface area contributed by atoms with E-state index in [0.29, 0.717) is 45.1 Å². The van der Waals surface area contributed by atoms with Crippen molar-refractivity contribution in [3.63, 3.8) is 0 Å². The highest BCUT2D eigenvalue weighted by atomic mass is 16.5. The summed E-state index contributed by atoms with van der Waals surface area (Å²) in [6, 6.07) is 11.4. The number of Topliss-reactive ketones (excluding diaryl/α,β-unsaturated/α-hetero) is 1. The molecule has 1 unspecified atom stereocenters. The molecule has 0 fully saturated rings. The molecule has 0 bridgehead atoms. The van der Waals surface area contributed by atoms with Crippen LogP contribution in [0.3, 0.4) is 0 Å². The summed E-state index contributed by atoms with van der Waals surface area (Å²) in [5, 5.41) is 0.299. The molecule has 1 aromatic heterocycles. The Labute approximate surface area is 233 Å². The molecule has 208 valence electrons. The zero-order chi connectivity index (χ0) is 28.8. The maximum absolute atomic E-state index is 13.6. The van der Waals surface area contributed by atoms with Gasteiger partial charge in [0.05, 0.1) is 52.1 Å². The number of hydrogen-bond acceptors (Lipinski definition) is 10. The smallest absolute Gasteiger partial charge is 0.312 e. The number of rotatable bonds is 6. The van der Waals surface area contributed by atoms with E-state index in [1.807, 2.05) is 0 Å². The van der Waals surface area contributed by atoms with Gasteiger partial charge in [-0.25, -0.2) is 0 Å². The topological polar surface area (TPSA) is 120 Å². The van der Waals surface area contributed by atoms with Crippen molar-refractivity contribution in [1.29, 1.82) is 0 Å². The monoisotopic (exact) mass is 556 g/mol. The standard InChI is InChI=1S/C31H24O10/c1-35-16-6-9-21-19(12-16)27(33)20(14-39-21)18-13-25(32)40-22-10-7-17-28(34)24(41-30(17)26(18)22)11-15-5-8-23(36-2)31(38-4)29(15)37-3/h5-12,14,18H,13H2,1-4H3/b24-11-. The Hall–Kier alpha value is -5.25. The van der Waals surface area contributed by atoms with Gasteiger partial charge < -0.3 is 32.8 Å². The SMILES string of the molecule is COc1ccc2occ(C3CC(=O)Oc4ccc5c(c43)O/C(=C\c3ccc(OC)c(OC)c3OC)C5=O)c(=O)c2c1. The largest absolute Gasteiger partial charge is 0.497 e. The minimum absolute atomic E-state index is 0.0184. The van der Waals surface area contributed by atoms with Crippen LogP contribution >= 0.6 is 0 Å². The molecule has 10 nitrogen and oxygen atoms in total. The Morgan fingerprint density at radius 2 is 1.66 bits per heavy atom. The molecule has 0 radical (unpaired) electrons. The van der Waals surface area contributed by atoms with Crippen LogP contribution in [0, 0.1) is 0 Å². The van der Waals surface area contributed by atoms with Crippen LogP contribution in [-0.2, 0) is 4.79 Å². The van der Waals surface area contributed by atoms with Crippen LogP contribution in [0.4, 0.5) is 0 Å². The summed E-state index contributed by atoms with van der Waals surface area (Å²) < 4.78 is 39.0. The van der Waals surface area contributed by atoms with Crippen LogP contribution in [0.15, 0.2) is 63.7 Å². The molecule has 2 aliphatic rings. The fourth-order valence-corrected chi connectivity index (χ4v) is 5.24. The molecule has 0 saturated heterocycles. The number of hydrogen-bond donors (Lipinski definition) is 0. The molecule has 4 aromatic rings. The number of methoxy groups -OCH3 is 4. The number of carbonyl (C=O) groups excluding carboxylic acids is 2. The van der Waals surface area contributed by atoms with Crippen LogP contribution < -0.4 is 33.8 Å². The maximum atomic E-state index is 13.6. The van der Waals surface area contributed by atoms with E-state index in [-0.39, 0.29) is 46.0 Å². The van der Waals surface area contributed by atoms with E-state index in [9.17, 15) is 14.4 Å². The lowest BCUT2D eigenvalue weighted by Gasteiger charge is -2.25. The van der Waals surface area contributed by atoms with E-state index in [0.717, 1.165) is 0 Å². The second-order valence-electron chi connectivity index (χ2n) is 9.33. The van der Waals surface area contributed by atoms with Crippen LogP contribution in [0.1, 0.15) is 39.4 Å². The predicted molar refractivity (Wildman–Crippen MR) is 147 cm³/mol. The van der Waals surface area contributed by atoms with Crippen molar-refractivity contribution in [3.8, 4) is 34.5 Å². The van der Waals surface area contributed by atoms with Gasteiger partial charge in [0.25, 0.3) is 0 Å². The Bertz CT molecular complexity index is 1830. The Morgan fingerprint density at radius 3 is 2.39 bits per heavy atom. The van der Waals surface area contributed by atoms with Crippen molar-refractivity contribution in [3.05, 3.63) is 87.0 Å². The molecular formula is C31H24O10. The van der Waals surface area contributed by atoms with Crippen LogP contribution in [0.2, 0.25) is 0 Å². The molecule has 0 N–H and O–H groups in total. The molecular weight excluding hydrogens is 532 g/mol. The molecule has 41 heavy (non-hydrogen) atoms. The van der Waals surface area contributed by atoms with Crippen molar-refractivity contribution in [2.75, 3.05) is 28.4 Å². The van der Waals surface area contributed by atoms with Crippen LogP contribution in [0.5, 0.6) is 34.5 Å². The third-order valence-electron chi connectivity index (χ3n) is 7.18. The van der Waals surface area contributed by atoms with E-state index in [1.165, 1.54) is 52.9 Å². The van der Waals surface area contributed by atoms with Gasteiger partial charge in [0.2, 0.25) is 11.5 Å². The van der Waals surface area contributed by atoms with Crippen molar-refractivity contribution < 1.29 is 42.4 Å². The summed E-state index contributed by atoms with van der Waals surface area (Å²) in [6.45, 7) is 0. The molecule has 0 saturated carbocycles. The van der Waals surface area contributed by atoms with Gasteiger partial charge in [-0.15, -0.1) is 0 Å². The first-order chi connectivity index (χ1) is 19.9. The number of benzene rings is 3. The lowest BCUT2D eigenvalue weighted by molar-refractivity contribution is -0.135. The summed E-state index contributed by atoms with van der Waals surface area (Å²) in [7, 11) is 5.97. The first-order valence-electron chi connectivity index (χ1n) is 12.6. The first kappa shape index (κ1) is 26.0. The fourth-order valence-electron chi connectivity index (χ4n) is 5.24. The molecule has 0 aliphatic carbocycles. The lowest BCUT2D eigenvalue weighted by Crippen LogP contribution is -2.25. The number of carbonyl (C=O) groups is 2. The number of ether oxygens (including phenoxy) is 6. The molecule has 6 rings (SSSR count). The van der Waals surface area contributed by atoms with Gasteiger partial charge in [-0.2, -0.15) is 0 Å². The van der Waals surface area contributed by atoms with Gasteiger partial charge in [-0.05, 0) is 48.5 Å². The van der Waals surface area contributed by atoms with Crippen molar-refractivity contribution >= 4 is 28.8 Å². The van der Waals surface area contributed by atoms with Crippen molar-refractivity contribution in [2.24, 2.45) is 0 Å². The number of ketones is 1. The highest BCUT2D eigenvalue weighted by molar-refractivity contribution is 6.15. The molecule has 0 spiro atoms. The minimum atomic E-state index is -0.782. The average molecular weight is 557 g/mol. The van der Waals surface area contributed by atoms with Crippen LogP contribution in [0.25, 0.3) is 17.0 Å². The third kappa shape index (κ3) is 4.15. The maximum Gasteiger partial charge on any atom is 0.312 e. The van der Waals surface area contributed by atoms with Gasteiger partial charge in [0.1, 0.15) is 22.8 Å². The van der Waals surface area contributed by atoms with E-state index >= 15 is 0 Å². The first-order valence-corrected chi connectivity index (χ1v) is 12.6. The molecule has 1 atom stereocenters. The van der Waals surface area contributed by atoms with Crippen molar-refractivity contribution in [2.45, 2.75) is 12.3 Å². The van der Waals surface area contributed by atoms with E-state index < -0.39 is 11.9 Å². The number of esters is 1. The Kier molecular flexibility index (Phi) is 6.37. The summed E-state index contributed by atoms with van der Waals surface area (Å²) in [4.78, 5) is 39.7. The second kappa shape index (κ2) is 10.1. The highest BCUT2D eigenvalue weighted by Crippen LogP contribution is 2.49. The van der Waals surface area contributed by atoms with E-state index in [2.05, 4.69) is 0 Å². The summed E-state index contributed by atoms with van der Waals surface area (Å²) in [6.07, 6.45) is 2.73. The zero-order valence-corrected chi connectivity index (χ0v) is 22.6. The quantitative estimate of drug-likeness (QED) is 0.185. The summed E-state index contributed by atoms with van der Waals surface area (Å²) in [5.74, 6) is 0.392. The predicted octanol–water partition coefficient (Wildman–Crippen LogP) is 4.88. The third-order valence-corrected chi connectivity index (χ3v) is 7.18. The fraction of sp³-hybridized carbons (Fsp3) is 0.194. The Balaban J connectivity index is 1.48. The van der Waals surface area contributed by atoms with Crippen LogP contribution in [-0.4, -0.2) is 40.2 Å². The van der Waals surface area contributed by atoms with Crippen molar-refractivity contribution in [1.82, 2.24) is 0 Å². The van der Waals surface area contributed by atoms with Gasteiger partial charge in [-0.3, -0.25) is 14.4 Å². The Morgan fingerprint density at radius 1 is 0.854 bits per heavy atom. The van der Waals surface area contributed by atoms with Gasteiger partial charge in [0.15, 0.2) is 22.7 Å². The molecule has 10 heteroatoms. The number of fused-ring (bicyclic) bond motifs is 4. The molecule has 3 aromatic carbocycles. The summed E-state index contributed by atoms with van der Waals surface area (Å²) in [5.41, 5.74) is 1.46. The lowest BCUT2D eigenvalue weighted by atomic mass is 9.85. The second-order valence-corrected chi connectivity index (χ2v) is 9.33. The normalized spacial score (nSPS) is 16.6. The molecule has 3 heterocycles. The molecule has 2 aliphatic heterocycles. The average Bonchev–Trinajstić information content (AvgIpc) is 3.30. The molecule has 0 amide bonds. The summed E-state index contributed by atoms with van der Waals surface area (Å²) >= 11 is 0. The highest BCUT2D eigenvalue weighted by Gasteiger charge is 2.40. The minimum Gasteiger partial charge on any atom is -0.497 e. The van der Waals surface area contributed by atoms with Gasteiger partial charge >= 0.3 is 5.97 Å².